The molecule has 1 aromatic heterocycles. The molecule has 4 heteroatoms. The minimum Gasteiger partial charge on any atom is -0.493 e. The van der Waals surface area contributed by atoms with Crippen LogP contribution in [0.15, 0.2) is 66.7 Å². The van der Waals surface area contributed by atoms with E-state index in [9.17, 15) is 0 Å². The monoisotopic (exact) mass is 411 g/mol. The maximum Gasteiger partial charge on any atom is 0.164 e. The number of aryl methyl sites for hydroxylation is 1. The van der Waals surface area contributed by atoms with E-state index in [1.807, 2.05) is 6.07 Å². The average molecular weight is 412 g/mol. The number of hydrogen-bond acceptors (Lipinski definition) is 2. The number of benzene rings is 3. The number of methoxy groups -OCH3 is 2. The number of ether oxygens (including phenoxy) is 2. The number of nitrogens with one attached hydrogen (secondary N) is 1. The van der Waals surface area contributed by atoms with E-state index in [0.29, 0.717) is 0 Å². The first kappa shape index (κ1) is 18.5. The summed E-state index contributed by atoms with van der Waals surface area (Å²) in [5.74, 6) is 1.84. The van der Waals surface area contributed by atoms with Gasteiger partial charge in [0, 0.05) is 34.0 Å². The van der Waals surface area contributed by atoms with Crippen molar-refractivity contribution in [2.75, 3.05) is 20.8 Å². The molecule has 0 unspecified atom stereocenters. The summed E-state index contributed by atoms with van der Waals surface area (Å²) in [7, 11) is 3.44. The summed E-state index contributed by atoms with van der Waals surface area (Å²) in [6.45, 7) is 0.965. The van der Waals surface area contributed by atoms with Gasteiger partial charge in [0.15, 0.2) is 17.0 Å². The number of aromatic nitrogens is 1. The molecular weight excluding hydrogens is 384 g/mol. The summed E-state index contributed by atoms with van der Waals surface area (Å²) < 4.78 is 11.5. The Morgan fingerprint density at radius 3 is 2.65 bits per heavy atom. The summed E-state index contributed by atoms with van der Waals surface area (Å²) in [5, 5.41) is 3.87. The Morgan fingerprint density at radius 1 is 0.935 bits per heavy atom. The van der Waals surface area contributed by atoms with Gasteiger partial charge >= 0.3 is 0 Å². The van der Waals surface area contributed by atoms with Gasteiger partial charge in [-0.2, -0.15) is 0 Å². The van der Waals surface area contributed by atoms with Gasteiger partial charge in [0.05, 0.1) is 32.4 Å². The Balaban J connectivity index is 1.62. The van der Waals surface area contributed by atoms with Crippen LogP contribution in [0.4, 0.5) is 0 Å². The maximum atomic E-state index is 5.85. The highest BCUT2D eigenvalue weighted by molar-refractivity contribution is 5.87. The second-order valence-corrected chi connectivity index (χ2v) is 8.66. The van der Waals surface area contributed by atoms with Crippen LogP contribution in [0.5, 0.6) is 11.5 Å². The van der Waals surface area contributed by atoms with Gasteiger partial charge in [-0.3, -0.25) is 0 Å². The van der Waals surface area contributed by atoms with E-state index in [1.165, 1.54) is 38.9 Å². The minimum atomic E-state index is -0.0481. The third-order valence-corrected chi connectivity index (χ3v) is 7.34. The lowest BCUT2D eigenvalue weighted by atomic mass is 9.76. The molecule has 1 aliphatic heterocycles. The molecule has 31 heavy (non-hydrogen) atoms. The van der Waals surface area contributed by atoms with Crippen LogP contribution in [-0.4, -0.2) is 25.7 Å². The average Bonchev–Trinajstić information content (AvgIpc) is 3.39. The Labute approximate surface area is 182 Å². The van der Waals surface area contributed by atoms with Crippen molar-refractivity contribution in [1.29, 1.82) is 0 Å². The molecular formula is C27H27N2O2+. The molecule has 3 N–H and O–H groups in total. The van der Waals surface area contributed by atoms with Crippen LogP contribution in [0.1, 0.15) is 40.3 Å². The molecule has 1 spiro atoms. The van der Waals surface area contributed by atoms with Crippen LogP contribution in [0.3, 0.4) is 0 Å². The number of fused-ring (bicyclic) bond motifs is 6. The van der Waals surface area contributed by atoms with Crippen LogP contribution < -0.4 is 14.8 Å². The predicted molar refractivity (Wildman–Crippen MR) is 122 cm³/mol. The van der Waals surface area contributed by atoms with Crippen LogP contribution in [0.25, 0.3) is 10.9 Å². The van der Waals surface area contributed by atoms with Gasteiger partial charge in [-0.15, -0.1) is 0 Å². The van der Waals surface area contributed by atoms with Crippen molar-refractivity contribution >= 4 is 10.9 Å². The second-order valence-electron chi connectivity index (χ2n) is 8.66. The summed E-state index contributed by atoms with van der Waals surface area (Å²) in [6.07, 6.45) is 2.24. The number of nitrogens with two attached hydrogens (primary N) is 1. The molecule has 0 bridgehead atoms. The molecule has 0 saturated carbocycles. The zero-order valence-corrected chi connectivity index (χ0v) is 17.9. The van der Waals surface area contributed by atoms with Crippen molar-refractivity contribution in [3.8, 4) is 11.5 Å². The van der Waals surface area contributed by atoms with E-state index in [-0.39, 0.29) is 11.5 Å². The first-order chi connectivity index (χ1) is 15.3. The minimum absolute atomic E-state index is 0.0481. The maximum absolute atomic E-state index is 5.85. The quantitative estimate of drug-likeness (QED) is 0.534. The Morgan fingerprint density at radius 2 is 1.77 bits per heavy atom. The van der Waals surface area contributed by atoms with Crippen molar-refractivity contribution in [2.24, 2.45) is 0 Å². The first-order valence-electron chi connectivity index (χ1n) is 11.0. The van der Waals surface area contributed by atoms with Crippen molar-refractivity contribution in [3.63, 3.8) is 0 Å². The fourth-order valence-electron chi connectivity index (χ4n) is 6.00. The highest BCUT2D eigenvalue weighted by Gasteiger charge is 2.51. The zero-order chi connectivity index (χ0) is 21.0. The molecule has 0 saturated heterocycles. The number of para-hydroxylation sites is 2. The molecule has 2 atom stereocenters. The SMILES string of the molecule is COc1cccc([C@@H]2C[NH2+][C@]3(CCc4ccccc43)c3[nH]c4ccccc4c32)c1OC. The molecule has 156 valence electrons. The topological polar surface area (TPSA) is 50.9 Å². The lowest BCUT2D eigenvalue weighted by Gasteiger charge is -2.36. The van der Waals surface area contributed by atoms with Crippen LogP contribution in [0, 0.1) is 0 Å². The molecule has 3 aromatic carbocycles. The molecule has 2 aliphatic rings. The molecule has 0 radical (unpaired) electrons. The van der Waals surface area contributed by atoms with Gasteiger partial charge in [0.25, 0.3) is 0 Å². The van der Waals surface area contributed by atoms with Crippen molar-refractivity contribution in [1.82, 2.24) is 4.98 Å². The van der Waals surface area contributed by atoms with E-state index >= 15 is 0 Å². The van der Waals surface area contributed by atoms with Gasteiger partial charge in [-0.05, 0) is 24.1 Å². The summed E-state index contributed by atoms with van der Waals surface area (Å²) in [6, 6.07) is 23.9. The Hall–Kier alpha value is -3.24. The molecule has 0 amide bonds. The normalized spacial score (nSPS) is 21.8. The van der Waals surface area contributed by atoms with E-state index in [1.54, 1.807) is 14.2 Å². The first-order valence-corrected chi connectivity index (χ1v) is 11.0. The van der Waals surface area contributed by atoms with E-state index < -0.39 is 0 Å². The smallest absolute Gasteiger partial charge is 0.164 e. The van der Waals surface area contributed by atoms with E-state index in [0.717, 1.165) is 30.9 Å². The van der Waals surface area contributed by atoms with Crippen LogP contribution in [0.2, 0.25) is 0 Å². The molecule has 4 nitrogen and oxygen atoms in total. The lowest BCUT2D eigenvalue weighted by molar-refractivity contribution is -0.731. The standard InChI is InChI=1S/C27H26N2O2/c1-30-23-13-7-10-18(25(23)31-2)20-16-28-27(15-14-17-8-3-5-11-21(17)27)26-24(20)19-9-4-6-12-22(19)29-26/h3-13,20,28-29H,14-16H2,1-2H3/p+1/t20-,27-/m0/s1. The van der Waals surface area contributed by atoms with Crippen LogP contribution in [-0.2, 0) is 12.0 Å². The van der Waals surface area contributed by atoms with Gasteiger partial charge in [-0.1, -0.05) is 54.6 Å². The summed E-state index contributed by atoms with van der Waals surface area (Å²) >= 11 is 0. The Bertz CT molecular complexity index is 1290. The van der Waals surface area contributed by atoms with Crippen molar-refractivity contribution in [2.45, 2.75) is 24.3 Å². The highest BCUT2D eigenvalue weighted by atomic mass is 16.5. The number of hydrogen-bond donors (Lipinski definition) is 2. The molecule has 1 aliphatic carbocycles. The van der Waals surface area contributed by atoms with Gasteiger partial charge in [0.1, 0.15) is 0 Å². The fourth-order valence-corrected chi connectivity index (χ4v) is 6.00. The highest BCUT2D eigenvalue weighted by Crippen LogP contribution is 2.49. The third-order valence-electron chi connectivity index (χ3n) is 7.34. The van der Waals surface area contributed by atoms with Crippen LogP contribution >= 0.6 is 0 Å². The number of H-pyrrole nitrogens is 1. The number of aromatic amines is 1. The fraction of sp³-hybridized carbons (Fsp3) is 0.259. The zero-order valence-electron chi connectivity index (χ0n) is 17.9. The largest absolute Gasteiger partial charge is 0.493 e. The number of rotatable bonds is 3. The third kappa shape index (κ3) is 2.52. The summed E-state index contributed by atoms with van der Waals surface area (Å²) in [5.41, 5.74) is 8.03. The van der Waals surface area contributed by atoms with Gasteiger partial charge in [-0.25, -0.2) is 0 Å². The lowest BCUT2D eigenvalue weighted by Crippen LogP contribution is -2.97. The predicted octanol–water partition coefficient (Wildman–Crippen LogP) is 4.08. The van der Waals surface area contributed by atoms with Crippen molar-refractivity contribution < 1.29 is 14.8 Å². The molecule has 2 heterocycles. The Kier molecular flexibility index (Phi) is 4.12. The van der Waals surface area contributed by atoms with E-state index in [2.05, 4.69) is 71.0 Å². The second kappa shape index (κ2) is 6.89. The summed E-state index contributed by atoms with van der Waals surface area (Å²) in [4.78, 5) is 3.85. The van der Waals surface area contributed by atoms with Gasteiger partial charge in [0.2, 0.25) is 0 Å². The molecule has 0 fully saturated rings. The molecule has 6 rings (SSSR count). The van der Waals surface area contributed by atoms with Gasteiger partial charge < -0.3 is 19.8 Å². The molecule has 4 aromatic rings. The number of quaternary nitrogens is 1. The van der Waals surface area contributed by atoms with Crippen molar-refractivity contribution in [3.05, 3.63) is 94.7 Å². The van der Waals surface area contributed by atoms with E-state index in [4.69, 9.17) is 9.47 Å².